The predicted octanol–water partition coefficient (Wildman–Crippen LogP) is 0.142. The lowest BCUT2D eigenvalue weighted by atomic mass is 10.2. The minimum absolute atomic E-state index is 0.00926. The molecular formula is C5H11FN2O. The molecule has 1 rings (SSSR count). The minimum Gasteiger partial charge on any atom is -0.311 e. The first-order chi connectivity index (χ1) is 4.33. The van der Waals surface area contributed by atoms with Crippen LogP contribution in [0.25, 0.3) is 0 Å². The van der Waals surface area contributed by atoms with E-state index in [1.165, 1.54) is 5.70 Å². The molecule has 0 aliphatic carbocycles. The van der Waals surface area contributed by atoms with Crippen LogP contribution in [-0.2, 0) is 4.84 Å². The van der Waals surface area contributed by atoms with Gasteiger partial charge in [0.15, 0.2) is 0 Å². The van der Waals surface area contributed by atoms with Gasteiger partial charge in [0.1, 0.15) is 0 Å². The number of hydrogen-bond donors (Lipinski definition) is 2. The maximum atomic E-state index is 11.3. The summed E-state index contributed by atoms with van der Waals surface area (Å²) in [6.45, 7) is 2.78. The van der Waals surface area contributed by atoms with E-state index in [0.29, 0.717) is 6.04 Å². The number of nitrogens with one attached hydrogen (secondary N) is 2. The Balaban J connectivity index is 2.14. The lowest BCUT2D eigenvalue weighted by Crippen LogP contribution is -2.21. The van der Waals surface area contributed by atoms with E-state index < -0.39 is 0 Å². The van der Waals surface area contributed by atoms with Gasteiger partial charge in [0.05, 0.1) is 6.10 Å². The van der Waals surface area contributed by atoms with Crippen LogP contribution in [0.1, 0.15) is 13.3 Å². The number of rotatable bonds is 2. The summed E-state index contributed by atoms with van der Waals surface area (Å²) in [6.07, 6.45) is 0.863. The molecule has 1 heterocycles. The third-order valence-electron chi connectivity index (χ3n) is 1.52. The van der Waals surface area contributed by atoms with Gasteiger partial charge in [0, 0.05) is 12.6 Å². The van der Waals surface area contributed by atoms with Crippen LogP contribution >= 0.6 is 0 Å². The first-order valence-corrected chi connectivity index (χ1v) is 3.07. The zero-order chi connectivity index (χ0) is 6.69. The van der Waals surface area contributed by atoms with Crippen molar-refractivity contribution in [3.8, 4) is 0 Å². The van der Waals surface area contributed by atoms with Crippen molar-refractivity contribution in [1.82, 2.24) is 11.0 Å². The second-order valence-corrected chi connectivity index (χ2v) is 2.36. The monoisotopic (exact) mass is 134 g/mol. The zero-order valence-corrected chi connectivity index (χ0v) is 5.36. The summed E-state index contributed by atoms with van der Waals surface area (Å²) in [5, 5.41) is 3.12. The number of halogens is 1. The maximum absolute atomic E-state index is 11.3. The van der Waals surface area contributed by atoms with E-state index in [4.69, 9.17) is 0 Å². The second-order valence-electron chi connectivity index (χ2n) is 2.36. The van der Waals surface area contributed by atoms with Gasteiger partial charge < -0.3 is 5.32 Å². The van der Waals surface area contributed by atoms with Gasteiger partial charge in [-0.25, -0.2) is 0 Å². The molecule has 0 aromatic carbocycles. The first-order valence-electron chi connectivity index (χ1n) is 3.07. The molecule has 0 saturated carbocycles. The van der Waals surface area contributed by atoms with E-state index in [2.05, 4.69) is 10.2 Å². The van der Waals surface area contributed by atoms with Crippen molar-refractivity contribution in [2.75, 3.05) is 6.54 Å². The van der Waals surface area contributed by atoms with Crippen LogP contribution in [0.2, 0.25) is 0 Å². The molecule has 1 aliphatic heterocycles. The van der Waals surface area contributed by atoms with Crippen molar-refractivity contribution in [2.24, 2.45) is 0 Å². The van der Waals surface area contributed by atoms with Gasteiger partial charge in [-0.2, -0.15) is 0 Å². The molecule has 2 N–H and O–H groups in total. The smallest absolute Gasteiger partial charge is 0.0958 e. The Kier molecular flexibility index (Phi) is 2.38. The van der Waals surface area contributed by atoms with Gasteiger partial charge in [-0.15, -0.1) is 4.48 Å². The van der Waals surface area contributed by atoms with E-state index in [-0.39, 0.29) is 6.10 Å². The van der Waals surface area contributed by atoms with Gasteiger partial charge in [-0.05, 0) is 19.0 Å². The van der Waals surface area contributed by atoms with Gasteiger partial charge >= 0.3 is 0 Å². The molecule has 54 valence electrons. The Morgan fingerprint density at radius 2 is 2.56 bits per heavy atom. The fourth-order valence-electron chi connectivity index (χ4n) is 1.05. The fraction of sp³-hybridized carbons (Fsp3) is 1.00. The molecule has 0 aromatic heterocycles. The first kappa shape index (κ1) is 6.92. The molecule has 9 heavy (non-hydrogen) atoms. The Labute approximate surface area is 53.5 Å². The number of hydrogen-bond acceptors (Lipinski definition) is 3. The Hall–Kier alpha value is -0.190. The van der Waals surface area contributed by atoms with Crippen LogP contribution < -0.4 is 11.0 Å². The quantitative estimate of drug-likeness (QED) is 0.416. The van der Waals surface area contributed by atoms with E-state index in [1.54, 1.807) is 0 Å². The molecular weight excluding hydrogens is 123 g/mol. The highest BCUT2D eigenvalue weighted by atomic mass is 19.2. The molecule has 3 nitrogen and oxygen atoms in total. The normalized spacial score (nSPS) is 35.3. The van der Waals surface area contributed by atoms with Crippen molar-refractivity contribution in [2.45, 2.75) is 25.5 Å². The van der Waals surface area contributed by atoms with Crippen molar-refractivity contribution < 1.29 is 9.32 Å². The van der Waals surface area contributed by atoms with E-state index in [9.17, 15) is 4.48 Å². The second kappa shape index (κ2) is 3.10. The summed E-state index contributed by atoms with van der Waals surface area (Å²) in [6, 6.07) is 0.448. The molecule has 0 radical (unpaired) electrons. The largest absolute Gasteiger partial charge is 0.311 e. The Bertz CT molecular complexity index is 89.0. The molecule has 1 fully saturated rings. The highest BCUT2D eigenvalue weighted by molar-refractivity contribution is 4.77. The van der Waals surface area contributed by atoms with Crippen LogP contribution in [0.15, 0.2) is 0 Å². The van der Waals surface area contributed by atoms with Crippen LogP contribution in [0, 0.1) is 0 Å². The predicted molar refractivity (Wildman–Crippen MR) is 31.2 cm³/mol. The standard InChI is InChI=1S/C5H11FN2O/c1-4-2-5(3-7-4)9-8-6/h4-5,7-8H,2-3H2,1H3. The summed E-state index contributed by atoms with van der Waals surface area (Å²) in [4.78, 5) is 4.49. The highest BCUT2D eigenvalue weighted by Gasteiger charge is 2.20. The molecule has 0 aromatic rings. The third kappa shape index (κ3) is 1.89. The van der Waals surface area contributed by atoms with Crippen LogP contribution in [-0.4, -0.2) is 18.7 Å². The molecule has 2 unspecified atom stereocenters. The summed E-state index contributed by atoms with van der Waals surface area (Å²) < 4.78 is 11.3. The van der Waals surface area contributed by atoms with Crippen molar-refractivity contribution in [3.63, 3.8) is 0 Å². The average molecular weight is 134 g/mol. The van der Waals surface area contributed by atoms with Crippen LogP contribution in [0.4, 0.5) is 4.48 Å². The zero-order valence-electron chi connectivity index (χ0n) is 5.36. The molecule has 1 saturated heterocycles. The molecule has 0 bridgehead atoms. The maximum Gasteiger partial charge on any atom is 0.0958 e. The summed E-state index contributed by atoms with van der Waals surface area (Å²) in [5.74, 6) is 0. The van der Waals surface area contributed by atoms with Gasteiger partial charge in [-0.1, -0.05) is 0 Å². The lowest BCUT2D eigenvalue weighted by molar-refractivity contribution is -0.102. The van der Waals surface area contributed by atoms with Crippen molar-refractivity contribution in [1.29, 1.82) is 0 Å². The fourth-order valence-corrected chi connectivity index (χ4v) is 1.05. The van der Waals surface area contributed by atoms with Crippen LogP contribution in [0.3, 0.4) is 0 Å². The topological polar surface area (TPSA) is 33.3 Å². The van der Waals surface area contributed by atoms with Crippen molar-refractivity contribution >= 4 is 0 Å². The van der Waals surface area contributed by atoms with E-state index >= 15 is 0 Å². The lowest BCUT2D eigenvalue weighted by Gasteiger charge is -2.03. The van der Waals surface area contributed by atoms with E-state index in [1.807, 2.05) is 6.92 Å². The molecule has 2 atom stereocenters. The van der Waals surface area contributed by atoms with Gasteiger partial charge in [-0.3, -0.25) is 4.84 Å². The minimum atomic E-state index is -0.00926. The summed E-state index contributed by atoms with van der Waals surface area (Å²) in [7, 11) is 0. The SMILES string of the molecule is CC1CC(ONF)CN1. The van der Waals surface area contributed by atoms with Crippen LogP contribution in [0.5, 0.6) is 0 Å². The third-order valence-corrected chi connectivity index (χ3v) is 1.52. The summed E-state index contributed by atoms with van der Waals surface area (Å²) >= 11 is 0. The Morgan fingerprint density at radius 3 is 3.00 bits per heavy atom. The summed E-state index contributed by atoms with van der Waals surface area (Å²) in [5.41, 5.74) is 1.19. The van der Waals surface area contributed by atoms with Gasteiger partial charge in [0.2, 0.25) is 0 Å². The van der Waals surface area contributed by atoms with Crippen molar-refractivity contribution in [3.05, 3.63) is 0 Å². The molecule has 1 aliphatic rings. The molecule has 0 amide bonds. The van der Waals surface area contributed by atoms with E-state index in [0.717, 1.165) is 13.0 Å². The average Bonchev–Trinajstić information content (AvgIpc) is 2.17. The Morgan fingerprint density at radius 1 is 1.78 bits per heavy atom. The van der Waals surface area contributed by atoms with Gasteiger partial charge in [0.25, 0.3) is 0 Å². The molecule has 4 heteroatoms. The molecule has 0 spiro atoms. The highest BCUT2D eigenvalue weighted by Crippen LogP contribution is 2.07.